The van der Waals surface area contributed by atoms with E-state index in [1.54, 1.807) is 6.20 Å². The molecule has 0 aliphatic rings. The molecule has 3 nitrogen and oxygen atoms in total. The van der Waals surface area contributed by atoms with Crippen LogP contribution in [0.5, 0.6) is 0 Å². The Hall–Kier alpha value is -0.800. The molecule has 0 amide bonds. The van der Waals surface area contributed by atoms with Crippen molar-refractivity contribution in [3.8, 4) is 0 Å². The SMILES string of the molecule is CNC(CC(C)(C)C)c1cc(Cl)cnc1N. The summed E-state index contributed by atoms with van der Waals surface area (Å²) in [6, 6.07) is 2.07. The summed E-state index contributed by atoms with van der Waals surface area (Å²) in [4.78, 5) is 4.08. The van der Waals surface area contributed by atoms with E-state index in [0.29, 0.717) is 10.8 Å². The fraction of sp³-hybridized carbons (Fsp3) is 0.583. The van der Waals surface area contributed by atoms with Gasteiger partial charge >= 0.3 is 0 Å². The van der Waals surface area contributed by atoms with E-state index in [2.05, 4.69) is 31.1 Å². The Kier molecular flexibility index (Phi) is 4.16. The zero-order chi connectivity index (χ0) is 12.3. The summed E-state index contributed by atoms with van der Waals surface area (Å²) in [5.74, 6) is 0.549. The van der Waals surface area contributed by atoms with Gasteiger partial charge in [-0.25, -0.2) is 4.98 Å². The molecule has 1 rings (SSSR count). The Labute approximate surface area is 102 Å². The topological polar surface area (TPSA) is 50.9 Å². The van der Waals surface area contributed by atoms with E-state index in [1.807, 2.05) is 13.1 Å². The maximum atomic E-state index is 5.94. The lowest BCUT2D eigenvalue weighted by Gasteiger charge is -2.26. The third-order valence-electron chi connectivity index (χ3n) is 2.46. The maximum absolute atomic E-state index is 5.94. The van der Waals surface area contributed by atoms with Gasteiger partial charge in [-0.3, -0.25) is 0 Å². The van der Waals surface area contributed by atoms with Crippen LogP contribution < -0.4 is 11.1 Å². The number of nitrogens with zero attached hydrogens (tertiary/aromatic N) is 1. The van der Waals surface area contributed by atoms with Gasteiger partial charge in [0.25, 0.3) is 0 Å². The summed E-state index contributed by atoms with van der Waals surface area (Å²) in [5, 5.41) is 3.89. The highest BCUT2D eigenvalue weighted by molar-refractivity contribution is 6.30. The summed E-state index contributed by atoms with van der Waals surface area (Å²) >= 11 is 5.94. The van der Waals surface area contributed by atoms with Gasteiger partial charge in [-0.15, -0.1) is 0 Å². The van der Waals surface area contributed by atoms with E-state index in [9.17, 15) is 0 Å². The second-order valence-corrected chi connectivity index (χ2v) is 5.67. The van der Waals surface area contributed by atoms with Crippen molar-refractivity contribution < 1.29 is 0 Å². The average Bonchev–Trinajstić information content (AvgIpc) is 2.17. The lowest BCUT2D eigenvalue weighted by Crippen LogP contribution is -2.23. The van der Waals surface area contributed by atoms with Gasteiger partial charge in [0.05, 0.1) is 5.02 Å². The molecule has 0 fully saturated rings. The van der Waals surface area contributed by atoms with Crippen molar-refractivity contribution in [3.05, 3.63) is 22.8 Å². The van der Waals surface area contributed by atoms with Crippen LogP contribution in [-0.2, 0) is 0 Å². The predicted octanol–water partition coefficient (Wildman–Crippen LogP) is 3.01. The number of aromatic nitrogens is 1. The highest BCUT2D eigenvalue weighted by atomic mass is 35.5. The summed E-state index contributed by atoms with van der Waals surface area (Å²) in [7, 11) is 1.93. The molecule has 90 valence electrons. The number of nitrogens with two attached hydrogens (primary N) is 1. The Morgan fingerprint density at radius 1 is 1.50 bits per heavy atom. The number of nitrogen functional groups attached to an aromatic ring is 1. The van der Waals surface area contributed by atoms with Crippen molar-refractivity contribution in [2.45, 2.75) is 33.2 Å². The Morgan fingerprint density at radius 3 is 2.62 bits per heavy atom. The number of nitrogens with one attached hydrogen (secondary N) is 1. The van der Waals surface area contributed by atoms with E-state index >= 15 is 0 Å². The minimum Gasteiger partial charge on any atom is -0.383 e. The highest BCUT2D eigenvalue weighted by Crippen LogP contribution is 2.32. The van der Waals surface area contributed by atoms with Crippen LogP contribution in [-0.4, -0.2) is 12.0 Å². The zero-order valence-corrected chi connectivity index (χ0v) is 11.1. The van der Waals surface area contributed by atoms with Gasteiger partial charge in [-0.1, -0.05) is 32.4 Å². The molecule has 0 aromatic carbocycles. The summed E-state index contributed by atoms with van der Waals surface area (Å²) in [6.07, 6.45) is 2.56. The first kappa shape index (κ1) is 13.3. The lowest BCUT2D eigenvalue weighted by molar-refractivity contribution is 0.321. The van der Waals surface area contributed by atoms with Crippen molar-refractivity contribution >= 4 is 17.4 Å². The third-order valence-corrected chi connectivity index (χ3v) is 2.66. The summed E-state index contributed by atoms with van der Waals surface area (Å²) in [5.41, 5.74) is 7.08. The molecule has 4 heteroatoms. The van der Waals surface area contributed by atoms with E-state index in [1.165, 1.54) is 0 Å². The van der Waals surface area contributed by atoms with Crippen molar-refractivity contribution in [1.29, 1.82) is 0 Å². The third kappa shape index (κ3) is 3.65. The van der Waals surface area contributed by atoms with Crippen LogP contribution in [0.15, 0.2) is 12.3 Å². The fourth-order valence-electron chi connectivity index (χ4n) is 1.72. The van der Waals surface area contributed by atoms with Crippen LogP contribution in [0, 0.1) is 5.41 Å². The van der Waals surface area contributed by atoms with Gasteiger partial charge in [0, 0.05) is 17.8 Å². The van der Waals surface area contributed by atoms with E-state index in [-0.39, 0.29) is 11.5 Å². The first-order valence-corrected chi connectivity index (χ1v) is 5.79. The second kappa shape index (κ2) is 5.02. The molecule has 0 aliphatic heterocycles. The standard InChI is InChI=1S/C12H20ClN3/c1-12(2,3)6-10(15-4)9-5-8(13)7-16-11(9)14/h5,7,10,15H,6H2,1-4H3,(H2,14,16). The van der Waals surface area contributed by atoms with Gasteiger partial charge in [0.15, 0.2) is 0 Å². The van der Waals surface area contributed by atoms with Gasteiger partial charge in [-0.05, 0) is 24.9 Å². The number of hydrogen-bond acceptors (Lipinski definition) is 3. The molecule has 0 bridgehead atoms. The molecule has 1 atom stereocenters. The Morgan fingerprint density at radius 2 is 2.12 bits per heavy atom. The van der Waals surface area contributed by atoms with Crippen molar-refractivity contribution in [2.75, 3.05) is 12.8 Å². The molecule has 1 unspecified atom stereocenters. The van der Waals surface area contributed by atoms with Crippen LogP contribution in [0.1, 0.15) is 38.8 Å². The van der Waals surface area contributed by atoms with E-state index < -0.39 is 0 Å². The summed E-state index contributed by atoms with van der Waals surface area (Å²) in [6.45, 7) is 6.60. The smallest absolute Gasteiger partial charge is 0.128 e. The van der Waals surface area contributed by atoms with Crippen LogP contribution in [0.2, 0.25) is 5.02 Å². The zero-order valence-electron chi connectivity index (χ0n) is 10.3. The number of rotatable bonds is 3. The van der Waals surface area contributed by atoms with Gasteiger partial charge in [0.2, 0.25) is 0 Å². The molecular weight excluding hydrogens is 222 g/mol. The van der Waals surface area contributed by atoms with Crippen LogP contribution in [0.4, 0.5) is 5.82 Å². The molecule has 0 saturated carbocycles. The fourth-order valence-corrected chi connectivity index (χ4v) is 1.89. The molecular formula is C12H20ClN3. The Bertz CT molecular complexity index is 358. The van der Waals surface area contributed by atoms with Gasteiger partial charge in [-0.2, -0.15) is 0 Å². The van der Waals surface area contributed by atoms with Crippen molar-refractivity contribution in [2.24, 2.45) is 5.41 Å². The second-order valence-electron chi connectivity index (χ2n) is 5.23. The average molecular weight is 242 g/mol. The van der Waals surface area contributed by atoms with Crippen molar-refractivity contribution in [3.63, 3.8) is 0 Å². The number of pyridine rings is 1. The van der Waals surface area contributed by atoms with Crippen LogP contribution in [0.25, 0.3) is 0 Å². The molecule has 1 aromatic heterocycles. The van der Waals surface area contributed by atoms with Gasteiger partial charge in [0.1, 0.15) is 5.82 Å². The molecule has 0 aliphatic carbocycles. The monoisotopic (exact) mass is 241 g/mol. The molecule has 1 aromatic rings. The normalized spacial score (nSPS) is 13.8. The van der Waals surface area contributed by atoms with Crippen LogP contribution >= 0.6 is 11.6 Å². The van der Waals surface area contributed by atoms with E-state index in [0.717, 1.165) is 12.0 Å². The van der Waals surface area contributed by atoms with Gasteiger partial charge < -0.3 is 11.1 Å². The molecule has 0 saturated heterocycles. The Balaban J connectivity index is 2.99. The number of anilines is 1. The predicted molar refractivity (Wildman–Crippen MR) is 69.5 cm³/mol. The molecule has 1 heterocycles. The first-order chi connectivity index (χ1) is 7.33. The summed E-state index contributed by atoms with van der Waals surface area (Å²) < 4.78 is 0. The molecule has 0 radical (unpaired) electrons. The van der Waals surface area contributed by atoms with Crippen molar-refractivity contribution in [1.82, 2.24) is 10.3 Å². The number of hydrogen-bond donors (Lipinski definition) is 2. The quantitative estimate of drug-likeness (QED) is 0.856. The minimum absolute atomic E-state index is 0.186. The molecule has 0 spiro atoms. The first-order valence-electron chi connectivity index (χ1n) is 5.41. The highest BCUT2D eigenvalue weighted by Gasteiger charge is 2.21. The largest absolute Gasteiger partial charge is 0.383 e. The van der Waals surface area contributed by atoms with Crippen LogP contribution in [0.3, 0.4) is 0 Å². The molecule has 16 heavy (non-hydrogen) atoms. The lowest BCUT2D eigenvalue weighted by atomic mass is 9.85. The molecule has 3 N–H and O–H groups in total. The number of halogens is 1. The minimum atomic E-state index is 0.186. The maximum Gasteiger partial charge on any atom is 0.128 e. The van der Waals surface area contributed by atoms with E-state index in [4.69, 9.17) is 17.3 Å².